The van der Waals surface area contributed by atoms with Gasteiger partial charge in [0.2, 0.25) is 0 Å². The highest BCUT2D eigenvalue weighted by Gasteiger charge is 2.30. The number of nitrogens with two attached hydrogens (primary N) is 1. The second-order valence-corrected chi connectivity index (χ2v) is 4.15. The monoisotopic (exact) mass is 189 g/mol. The van der Waals surface area contributed by atoms with Crippen LogP contribution in [0.15, 0.2) is 29.8 Å². The molecule has 0 bridgehead atoms. The van der Waals surface area contributed by atoms with Gasteiger partial charge in [0.25, 0.3) is 0 Å². The average Bonchev–Trinajstić information content (AvgIpc) is 2.14. The van der Waals surface area contributed by atoms with Gasteiger partial charge in [-0.25, -0.2) is 0 Å². The Morgan fingerprint density at radius 2 is 1.86 bits per heavy atom. The van der Waals surface area contributed by atoms with Gasteiger partial charge in [-0.05, 0) is 38.5 Å². The molecule has 0 aromatic heterocycles. The first-order valence-electron chi connectivity index (χ1n) is 4.77. The van der Waals surface area contributed by atoms with Crippen LogP contribution in [0.25, 0.3) is 5.70 Å². The molecule has 0 amide bonds. The van der Waals surface area contributed by atoms with Crippen LogP contribution in [0, 0.1) is 0 Å². The van der Waals surface area contributed by atoms with E-state index in [9.17, 15) is 0 Å². The summed E-state index contributed by atoms with van der Waals surface area (Å²) in [5, 5.41) is 0. The molecular weight excluding hydrogens is 174 g/mol. The lowest BCUT2D eigenvalue weighted by atomic mass is 9.91. The lowest BCUT2D eigenvalue weighted by Crippen LogP contribution is -2.34. The maximum atomic E-state index is 6.07. The maximum absolute atomic E-state index is 6.07. The normalized spacial score (nSPS) is 18.8. The van der Waals surface area contributed by atoms with E-state index in [2.05, 4.69) is 0 Å². The Labute approximate surface area is 84.4 Å². The van der Waals surface area contributed by atoms with Crippen LogP contribution >= 0.6 is 0 Å². The second kappa shape index (κ2) is 2.77. The molecular formula is C12H15NO. The molecule has 1 heterocycles. The molecule has 0 saturated heterocycles. The van der Waals surface area contributed by atoms with Gasteiger partial charge in [0.05, 0.1) is 0 Å². The molecule has 0 atom stereocenters. The maximum Gasteiger partial charge on any atom is 0.129 e. The van der Waals surface area contributed by atoms with Crippen molar-refractivity contribution in [2.45, 2.75) is 26.4 Å². The van der Waals surface area contributed by atoms with Gasteiger partial charge >= 0.3 is 0 Å². The van der Waals surface area contributed by atoms with E-state index in [0.717, 1.165) is 22.6 Å². The SMILES string of the molecule is CC1=C(N)c2ccccc2OC1(C)C. The van der Waals surface area contributed by atoms with Crippen molar-refractivity contribution < 1.29 is 4.74 Å². The summed E-state index contributed by atoms with van der Waals surface area (Å²) in [5.41, 5.74) is 8.71. The highest BCUT2D eigenvalue weighted by atomic mass is 16.5. The quantitative estimate of drug-likeness (QED) is 0.680. The zero-order valence-electron chi connectivity index (χ0n) is 8.79. The van der Waals surface area contributed by atoms with Gasteiger partial charge in [-0.3, -0.25) is 0 Å². The van der Waals surface area contributed by atoms with E-state index < -0.39 is 0 Å². The van der Waals surface area contributed by atoms with Crippen molar-refractivity contribution in [2.24, 2.45) is 5.73 Å². The smallest absolute Gasteiger partial charge is 0.129 e. The summed E-state index contributed by atoms with van der Waals surface area (Å²) < 4.78 is 5.86. The van der Waals surface area contributed by atoms with Gasteiger partial charge in [-0.15, -0.1) is 0 Å². The topological polar surface area (TPSA) is 35.2 Å². The van der Waals surface area contributed by atoms with Crippen LogP contribution < -0.4 is 10.5 Å². The molecule has 0 unspecified atom stereocenters. The highest BCUT2D eigenvalue weighted by molar-refractivity contribution is 5.73. The van der Waals surface area contributed by atoms with E-state index in [1.54, 1.807) is 0 Å². The number of hydrogen-bond acceptors (Lipinski definition) is 2. The van der Waals surface area contributed by atoms with Crippen LogP contribution in [0.2, 0.25) is 0 Å². The Kier molecular flexibility index (Phi) is 1.81. The van der Waals surface area contributed by atoms with Gasteiger partial charge in [0, 0.05) is 11.3 Å². The van der Waals surface area contributed by atoms with Crippen molar-refractivity contribution in [2.75, 3.05) is 0 Å². The minimum atomic E-state index is -0.293. The summed E-state index contributed by atoms with van der Waals surface area (Å²) in [6.45, 7) is 6.08. The zero-order chi connectivity index (χ0) is 10.3. The lowest BCUT2D eigenvalue weighted by molar-refractivity contribution is 0.144. The molecule has 2 N–H and O–H groups in total. The third-order valence-corrected chi connectivity index (χ3v) is 2.85. The number of rotatable bonds is 0. The second-order valence-electron chi connectivity index (χ2n) is 4.15. The van der Waals surface area contributed by atoms with Crippen molar-refractivity contribution in [1.29, 1.82) is 0 Å². The minimum Gasteiger partial charge on any atom is -0.483 e. The Morgan fingerprint density at radius 3 is 2.57 bits per heavy atom. The van der Waals surface area contributed by atoms with Crippen LogP contribution in [-0.2, 0) is 0 Å². The molecule has 14 heavy (non-hydrogen) atoms. The van der Waals surface area contributed by atoms with Crippen molar-refractivity contribution >= 4 is 5.70 Å². The Bertz CT molecular complexity index is 405. The fourth-order valence-corrected chi connectivity index (χ4v) is 1.66. The number of ether oxygens (including phenoxy) is 1. The number of benzene rings is 1. The molecule has 2 heteroatoms. The van der Waals surface area contributed by atoms with E-state index in [-0.39, 0.29) is 5.60 Å². The molecule has 1 aromatic carbocycles. The molecule has 1 aromatic rings. The van der Waals surface area contributed by atoms with E-state index >= 15 is 0 Å². The molecule has 2 nitrogen and oxygen atoms in total. The van der Waals surface area contributed by atoms with Gasteiger partial charge in [0.15, 0.2) is 0 Å². The third kappa shape index (κ3) is 1.18. The summed E-state index contributed by atoms with van der Waals surface area (Å²) in [6, 6.07) is 7.88. The van der Waals surface area contributed by atoms with Crippen molar-refractivity contribution in [3.05, 3.63) is 35.4 Å². The molecule has 0 fully saturated rings. The van der Waals surface area contributed by atoms with Crippen molar-refractivity contribution in [3.63, 3.8) is 0 Å². The number of fused-ring (bicyclic) bond motifs is 1. The molecule has 0 aliphatic carbocycles. The van der Waals surface area contributed by atoms with E-state index in [4.69, 9.17) is 10.5 Å². The van der Waals surface area contributed by atoms with Gasteiger partial charge in [0.1, 0.15) is 11.4 Å². The molecule has 2 rings (SSSR count). The number of hydrogen-bond donors (Lipinski definition) is 1. The van der Waals surface area contributed by atoms with Crippen LogP contribution in [-0.4, -0.2) is 5.60 Å². The molecule has 1 aliphatic heterocycles. The molecule has 74 valence electrons. The lowest BCUT2D eigenvalue weighted by Gasteiger charge is -2.34. The largest absolute Gasteiger partial charge is 0.483 e. The third-order valence-electron chi connectivity index (χ3n) is 2.85. The van der Waals surface area contributed by atoms with Crippen LogP contribution in [0.1, 0.15) is 26.3 Å². The standard InChI is InChI=1S/C12H15NO/c1-8-11(13)9-6-4-5-7-10(9)14-12(8,2)3/h4-7H,13H2,1-3H3. The Morgan fingerprint density at radius 1 is 1.21 bits per heavy atom. The zero-order valence-corrected chi connectivity index (χ0v) is 8.79. The first-order valence-corrected chi connectivity index (χ1v) is 4.77. The first-order chi connectivity index (χ1) is 6.52. The molecule has 0 radical (unpaired) electrons. The number of para-hydroxylation sites is 1. The van der Waals surface area contributed by atoms with E-state index in [1.807, 2.05) is 45.0 Å². The Balaban J connectivity index is 2.64. The summed E-state index contributed by atoms with van der Waals surface area (Å²) in [4.78, 5) is 0. The van der Waals surface area contributed by atoms with Crippen LogP contribution in [0.5, 0.6) is 5.75 Å². The summed E-state index contributed by atoms with van der Waals surface area (Å²) in [5.74, 6) is 0.876. The fraction of sp³-hybridized carbons (Fsp3) is 0.333. The Hall–Kier alpha value is -1.44. The van der Waals surface area contributed by atoms with Crippen LogP contribution in [0.4, 0.5) is 0 Å². The van der Waals surface area contributed by atoms with Gasteiger partial charge in [-0.1, -0.05) is 12.1 Å². The van der Waals surface area contributed by atoms with E-state index in [1.165, 1.54) is 0 Å². The molecule has 0 spiro atoms. The van der Waals surface area contributed by atoms with Crippen LogP contribution in [0.3, 0.4) is 0 Å². The van der Waals surface area contributed by atoms with Crippen molar-refractivity contribution in [3.8, 4) is 5.75 Å². The fourth-order valence-electron chi connectivity index (χ4n) is 1.66. The predicted molar refractivity (Wildman–Crippen MR) is 57.9 cm³/mol. The highest BCUT2D eigenvalue weighted by Crippen LogP contribution is 2.37. The van der Waals surface area contributed by atoms with Crippen molar-refractivity contribution in [1.82, 2.24) is 0 Å². The summed E-state index contributed by atoms with van der Waals surface area (Å²) in [7, 11) is 0. The minimum absolute atomic E-state index is 0.293. The molecule has 0 saturated carbocycles. The predicted octanol–water partition coefficient (Wildman–Crippen LogP) is 2.55. The van der Waals surface area contributed by atoms with Gasteiger partial charge in [-0.2, -0.15) is 0 Å². The molecule has 1 aliphatic rings. The average molecular weight is 189 g/mol. The van der Waals surface area contributed by atoms with Gasteiger partial charge < -0.3 is 10.5 Å². The van der Waals surface area contributed by atoms with E-state index in [0.29, 0.717) is 0 Å². The summed E-state index contributed by atoms with van der Waals surface area (Å²) in [6.07, 6.45) is 0. The summed E-state index contributed by atoms with van der Waals surface area (Å²) >= 11 is 0. The first kappa shape index (κ1) is 9.13.